The maximum Gasteiger partial charge on any atom is 0.0419 e. The van der Waals surface area contributed by atoms with Gasteiger partial charge in [0.05, 0.1) is 0 Å². The minimum Gasteiger partial charge on any atom is -0.304 e. The average Bonchev–Trinajstić information content (AvgIpc) is 2.55. The van der Waals surface area contributed by atoms with Gasteiger partial charge >= 0.3 is 0 Å². The fourth-order valence-electron chi connectivity index (χ4n) is 1.82. The molecule has 0 amide bonds. The van der Waals surface area contributed by atoms with Crippen LogP contribution in [-0.4, -0.2) is 5.54 Å². The van der Waals surface area contributed by atoms with E-state index in [9.17, 15) is 0 Å². The summed E-state index contributed by atoms with van der Waals surface area (Å²) in [6.45, 7) is 4.56. The Morgan fingerprint density at radius 3 is 2.92 bits per heavy atom. The summed E-state index contributed by atoms with van der Waals surface area (Å²) in [6.07, 6.45) is 2.57. The van der Waals surface area contributed by atoms with Crippen molar-refractivity contribution in [1.29, 1.82) is 0 Å². The van der Waals surface area contributed by atoms with Gasteiger partial charge in [-0.1, -0.05) is 6.07 Å². The Balaban J connectivity index is 2.10. The van der Waals surface area contributed by atoms with Crippen LogP contribution >= 0.6 is 11.3 Å². The molecule has 0 spiro atoms. The maximum atomic E-state index is 3.64. The Hall–Kier alpha value is -0.340. The Kier molecular flexibility index (Phi) is 1.97. The van der Waals surface area contributed by atoms with Crippen molar-refractivity contribution in [3.63, 3.8) is 0 Å². The van der Waals surface area contributed by atoms with Crippen molar-refractivity contribution in [3.8, 4) is 0 Å². The van der Waals surface area contributed by atoms with Gasteiger partial charge in [-0.15, -0.1) is 11.3 Å². The molecule has 0 unspecified atom stereocenters. The van der Waals surface area contributed by atoms with Crippen molar-refractivity contribution in [1.82, 2.24) is 5.32 Å². The molecule has 1 nitrogen and oxygen atoms in total. The summed E-state index contributed by atoms with van der Waals surface area (Å²) < 4.78 is 0. The molecule has 1 saturated heterocycles. The van der Waals surface area contributed by atoms with Crippen molar-refractivity contribution in [2.45, 2.75) is 38.3 Å². The first-order chi connectivity index (χ1) is 5.67. The first kappa shape index (κ1) is 8.27. The monoisotopic (exact) mass is 181 g/mol. The van der Waals surface area contributed by atoms with Gasteiger partial charge in [-0.3, -0.25) is 0 Å². The molecule has 0 radical (unpaired) electrons. The third-order valence-electron chi connectivity index (χ3n) is 2.51. The van der Waals surface area contributed by atoms with Crippen molar-refractivity contribution in [2.75, 3.05) is 0 Å². The van der Waals surface area contributed by atoms with Crippen LogP contribution in [0.3, 0.4) is 0 Å². The summed E-state index contributed by atoms with van der Waals surface area (Å²) in [5.41, 5.74) is 0.342. The Bertz CT molecular complexity index is 251. The lowest BCUT2D eigenvalue weighted by Gasteiger charge is -2.19. The van der Waals surface area contributed by atoms with E-state index in [1.807, 2.05) is 11.3 Å². The standard InChI is InChI=1S/C10H15NS/c1-10(2)6-5-8(11-10)9-4-3-7-12-9/h3-4,7-8,11H,5-6H2,1-2H3/t8-/m1/s1. The first-order valence-electron chi connectivity index (χ1n) is 4.48. The van der Waals surface area contributed by atoms with E-state index in [1.54, 1.807) is 0 Å². The van der Waals surface area contributed by atoms with Crippen LogP contribution in [0.15, 0.2) is 17.5 Å². The predicted octanol–water partition coefficient (Wildman–Crippen LogP) is 2.95. The molecule has 1 aliphatic rings. The van der Waals surface area contributed by atoms with E-state index in [0.29, 0.717) is 11.6 Å². The minimum atomic E-state index is 0.342. The second-order valence-corrected chi connectivity index (χ2v) is 5.11. The van der Waals surface area contributed by atoms with E-state index in [1.165, 1.54) is 17.7 Å². The third-order valence-corrected chi connectivity index (χ3v) is 3.50. The number of hydrogen-bond donors (Lipinski definition) is 1. The number of thiophene rings is 1. The van der Waals surface area contributed by atoms with Gasteiger partial charge in [0.15, 0.2) is 0 Å². The summed E-state index contributed by atoms with van der Waals surface area (Å²) in [5.74, 6) is 0. The molecule has 2 rings (SSSR count). The molecule has 0 bridgehead atoms. The van der Waals surface area contributed by atoms with E-state index in [4.69, 9.17) is 0 Å². The van der Waals surface area contributed by atoms with Gasteiger partial charge < -0.3 is 5.32 Å². The lowest BCUT2D eigenvalue weighted by atomic mass is 10.0. The van der Waals surface area contributed by atoms with Crippen LogP contribution in [0.5, 0.6) is 0 Å². The van der Waals surface area contributed by atoms with Crippen LogP contribution in [0.4, 0.5) is 0 Å². The number of rotatable bonds is 1. The zero-order chi connectivity index (χ0) is 8.60. The van der Waals surface area contributed by atoms with E-state index < -0.39 is 0 Å². The van der Waals surface area contributed by atoms with E-state index in [-0.39, 0.29) is 0 Å². The van der Waals surface area contributed by atoms with Crippen LogP contribution in [-0.2, 0) is 0 Å². The lowest BCUT2D eigenvalue weighted by Crippen LogP contribution is -2.33. The molecule has 0 aliphatic carbocycles. The van der Waals surface area contributed by atoms with Crippen molar-refractivity contribution >= 4 is 11.3 Å². The Morgan fingerprint density at radius 1 is 1.58 bits per heavy atom. The lowest BCUT2D eigenvalue weighted by molar-refractivity contribution is 0.435. The molecule has 12 heavy (non-hydrogen) atoms. The second-order valence-electron chi connectivity index (χ2n) is 4.13. The maximum absolute atomic E-state index is 3.64. The van der Waals surface area contributed by atoms with E-state index >= 15 is 0 Å². The first-order valence-corrected chi connectivity index (χ1v) is 5.36. The molecule has 0 saturated carbocycles. The summed E-state index contributed by atoms with van der Waals surface area (Å²) >= 11 is 1.86. The Labute approximate surface area is 77.8 Å². The molecule has 1 aromatic rings. The zero-order valence-corrected chi connectivity index (χ0v) is 8.45. The number of hydrogen-bond acceptors (Lipinski definition) is 2. The van der Waals surface area contributed by atoms with Gasteiger partial charge in [-0.05, 0) is 38.1 Å². The normalized spacial score (nSPS) is 27.7. The highest BCUT2D eigenvalue weighted by molar-refractivity contribution is 7.10. The molecule has 1 aliphatic heterocycles. The molecule has 1 fully saturated rings. The summed E-state index contributed by atoms with van der Waals surface area (Å²) in [5, 5.41) is 5.80. The van der Waals surface area contributed by atoms with Gasteiger partial charge in [-0.25, -0.2) is 0 Å². The van der Waals surface area contributed by atoms with Gasteiger partial charge in [0.1, 0.15) is 0 Å². The number of nitrogens with one attached hydrogen (secondary N) is 1. The van der Waals surface area contributed by atoms with Gasteiger partial charge in [0, 0.05) is 16.5 Å². The van der Waals surface area contributed by atoms with Crippen molar-refractivity contribution < 1.29 is 0 Å². The largest absolute Gasteiger partial charge is 0.304 e. The van der Waals surface area contributed by atoms with E-state index in [2.05, 4.69) is 36.7 Å². The minimum absolute atomic E-state index is 0.342. The fourth-order valence-corrected chi connectivity index (χ4v) is 2.64. The molecular formula is C10H15NS. The van der Waals surface area contributed by atoms with Crippen LogP contribution < -0.4 is 5.32 Å². The van der Waals surface area contributed by atoms with E-state index in [0.717, 1.165) is 0 Å². The highest BCUT2D eigenvalue weighted by atomic mass is 32.1. The van der Waals surface area contributed by atoms with Crippen LogP contribution in [0.25, 0.3) is 0 Å². The van der Waals surface area contributed by atoms with Crippen molar-refractivity contribution in [2.24, 2.45) is 0 Å². The van der Waals surface area contributed by atoms with Gasteiger partial charge in [0.25, 0.3) is 0 Å². The molecule has 1 aromatic heterocycles. The molecule has 2 heteroatoms. The van der Waals surface area contributed by atoms with Gasteiger partial charge in [-0.2, -0.15) is 0 Å². The smallest absolute Gasteiger partial charge is 0.0419 e. The van der Waals surface area contributed by atoms with Gasteiger partial charge in [0.2, 0.25) is 0 Å². The molecule has 0 aromatic carbocycles. The Morgan fingerprint density at radius 2 is 2.42 bits per heavy atom. The quantitative estimate of drug-likeness (QED) is 0.702. The fraction of sp³-hybridized carbons (Fsp3) is 0.600. The SMILES string of the molecule is CC1(C)CC[C@H](c2cccs2)N1. The second kappa shape index (κ2) is 2.86. The molecule has 66 valence electrons. The topological polar surface area (TPSA) is 12.0 Å². The summed E-state index contributed by atoms with van der Waals surface area (Å²) in [4.78, 5) is 1.49. The van der Waals surface area contributed by atoms with Crippen LogP contribution in [0, 0.1) is 0 Å². The third kappa shape index (κ3) is 1.54. The highest BCUT2D eigenvalue weighted by Gasteiger charge is 2.30. The molecule has 1 N–H and O–H groups in total. The van der Waals surface area contributed by atoms with Crippen LogP contribution in [0.2, 0.25) is 0 Å². The molecular weight excluding hydrogens is 166 g/mol. The molecule has 1 atom stereocenters. The summed E-state index contributed by atoms with van der Waals surface area (Å²) in [7, 11) is 0. The highest BCUT2D eigenvalue weighted by Crippen LogP contribution is 2.33. The molecule has 2 heterocycles. The van der Waals surface area contributed by atoms with Crippen molar-refractivity contribution in [3.05, 3.63) is 22.4 Å². The van der Waals surface area contributed by atoms with Crippen LogP contribution in [0.1, 0.15) is 37.6 Å². The zero-order valence-electron chi connectivity index (χ0n) is 7.63. The predicted molar refractivity (Wildman–Crippen MR) is 53.5 cm³/mol. The summed E-state index contributed by atoms with van der Waals surface area (Å²) in [6, 6.07) is 4.97. The average molecular weight is 181 g/mol.